The summed E-state index contributed by atoms with van der Waals surface area (Å²) in [7, 11) is 0. The topological polar surface area (TPSA) is 69.5 Å². The standard InChI is InChI=1S/C31H25N3O2/c35-28-14-12-23(26-10-4-16-32-30(26)28)19-34(18-22-8-3-7-21-6-1-2-9-25(21)22)20-24-13-15-29(36)31-27(24)11-5-17-33-31/h1-17,35-36H,18-20H2. The summed E-state index contributed by atoms with van der Waals surface area (Å²) in [5.74, 6) is 0.371. The summed E-state index contributed by atoms with van der Waals surface area (Å²) in [6.07, 6.45) is 3.41. The molecule has 0 aliphatic carbocycles. The van der Waals surface area contributed by atoms with Crippen molar-refractivity contribution in [3.05, 3.63) is 120 Å². The van der Waals surface area contributed by atoms with Gasteiger partial charge in [0, 0.05) is 42.8 Å². The number of aromatic nitrogens is 2. The van der Waals surface area contributed by atoms with Crippen LogP contribution in [0, 0.1) is 0 Å². The molecule has 0 bridgehead atoms. The van der Waals surface area contributed by atoms with Crippen molar-refractivity contribution in [1.82, 2.24) is 14.9 Å². The quantitative estimate of drug-likeness (QED) is 0.288. The second-order valence-corrected chi connectivity index (χ2v) is 9.07. The Morgan fingerprint density at radius 3 is 1.61 bits per heavy atom. The van der Waals surface area contributed by atoms with Crippen LogP contribution in [0.1, 0.15) is 16.7 Å². The fourth-order valence-corrected chi connectivity index (χ4v) is 5.03. The predicted molar refractivity (Wildman–Crippen MR) is 144 cm³/mol. The van der Waals surface area contributed by atoms with Crippen molar-refractivity contribution in [2.75, 3.05) is 0 Å². The first-order chi connectivity index (χ1) is 17.7. The van der Waals surface area contributed by atoms with Crippen molar-refractivity contribution in [2.45, 2.75) is 19.6 Å². The van der Waals surface area contributed by atoms with Crippen molar-refractivity contribution < 1.29 is 10.2 Å². The number of pyridine rings is 2. The molecule has 0 fully saturated rings. The summed E-state index contributed by atoms with van der Waals surface area (Å²) in [5.41, 5.74) is 4.66. The molecule has 0 aliphatic heterocycles. The number of nitrogens with zero attached hydrogens (tertiary/aromatic N) is 3. The SMILES string of the molecule is Oc1ccc(CN(Cc2cccc3ccccc23)Cc2ccc(O)c3ncccc23)c2cccnc12. The van der Waals surface area contributed by atoms with Crippen molar-refractivity contribution in [2.24, 2.45) is 0 Å². The van der Waals surface area contributed by atoms with Gasteiger partial charge >= 0.3 is 0 Å². The summed E-state index contributed by atoms with van der Waals surface area (Å²) in [5, 5.41) is 25.0. The van der Waals surface area contributed by atoms with Crippen LogP contribution < -0.4 is 0 Å². The molecule has 0 atom stereocenters. The summed E-state index contributed by atoms with van der Waals surface area (Å²) in [4.78, 5) is 11.2. The first-order valence-electron chi connectivity index (χ1n) is 12.0. The maximum absolute atomic E-state index is 10.4. The third-order valence-corrected chi connectivity index (χ3v) is 6.74. The van der Waals surface area contributed by atoms with E-state index < -0.39 is 0 Å². The van der Waals surface area contributed by atoms with E-state index in [2.05, 4.69) is 57.3 Å². The van der Waals surface area contributed by atoms with Crippen molar-refractivity contribution in [3.8, 4) is 11.5 Å². The van der Waals surface area contributed by atoms with E-state index in [0.29, 0.717) is 24.1 Å². The number of hydrogen-bond acceptors (Lipinski definition) is 5. The molecule has 6 aromatic rings. The third-order valence-electron chi connectivity index (χ3n) is 6.74. The van der Waals surface area contributed by atoms with Crippen LogP contribution >= 0.6 is 0 Å². The maximum Gasteiger partial charge on any atom is 0.141 e. The lowest BCUT2D eigenvalue weighted by Gasteiger charge is -2.25. The van der Waals surface area contributed by atoms with Crippen molar-refractivity contribution in [3.63, 3.8) is 0 Å². The molecule has 0 spiro atoms. The summed E-state index contributed by atoms with van der Waals surface area (Å²) < 4.78 is 0. The molecule has 2 aromatic heterocycles. The van der Waals surface area contributed by atoms with Crippen LogP contribution in [0.15, 0.2) is 103 Å². The average Bonchev–Trinajstić information content (AvgIpc) is 2.92. The fraction of sp³-hybridized carbons (Fsp3) is 0.0968. The van der Waals surface area contributed by atoms with E-state index in [1.807, 2.05) is 36.4 Å². The predicted octanol–water partition coefficient (Wildman–Crippen LogP) is 6.55. The molecular weight excluding hydrogens is 446 g/mol. The summed E-state index contributed by atoms with van der Waals surface area (Å²) in [6.45, 7) is 2.05. The Balaban J connectivity index is 1.44. The van der Waals surface area contributed by atoms with Crippen LogP contribution in [0.5, 0.6) is 11.5 Å². The molecule has 6 rings (SSSR count). The van der Waals surface area contributed by atoms with Gasteiger partial charge in [-0.1, -0.05) is 66.7 Å². The van der Waals surface area contributed by atoms with Gasteiger partial charge in [0.1, 0.15) is 22.5 Å². The lowest BCUT2D eigenvalue weighted by molar-refractivity contribution is 0.250. The molecule has 176 valence electrons. The normalized spacial score (nSPS) is 11.6. The van der Waals surface area contributed by atoms with Crippen molar-refractivity contribution >= 4 is 32.6 Å². The van der Waals surface area contributed by atoms with Gasteiger partial charge in [-0.15, -0.1) is 0 Å². The van der Waals surface area contributed by atoms with Gasteiger partial charge < -0.3 is 10.2 Å². The molecule has 0 unspecified atom stereocenters. The van der Waals surface area contributed by atoms with Gasteiger partial charge in [0.25, 0.3) is 0 Å². The number of rotatable bonds is 6. The highest BCUT2D eigenvalue weighted by Crippen LogP contribution is 2.30. The lowest BCUT2D eigenvalue weighted by Crippen LogP contribution is -2.23. The van der Waals surface area contributed by atoms with E-state index in [4.69, 9.17) is 0 Å². The van der Waals surface area contributed by atoms with Gasteiger partial charge in [-0.25, -0.2) is 0 Å². The zero-order valence-electron chi connectivity index (χ0n) is 19.7. The Bertz CT molecular complexity index is 1620. The summed E-state index contributed by atoms with van der Waals surface area (Å²) >= 11 is 0. The zero-order chi connectivity index (χ0) is 24.5. The molecule has 5 nitrogen and oxygen atoms in total. The molecule has 0 aliphatic rings. The monoisotopic (exact) mass is 471 g/mol. The van der Waals surface area contributed by atoms with Crippen LogP contribution in [-0.2, 0) is 19.6 Å². The summed E-state index contributed by atoms with van der Waals surface area (Å²) in [6, 6.07) is 30.1. The minimum atomic E-state index is 0.186. The van der Waals surface area contributed by atoms with Gasteiger partial charge in [0.05, 0.1) is 0 Å². The number of fused-ring (bicyclic) bond motifs is 3. The highest BCUT2D eigenvalue weighted by atomic mass is 16.3. The van der Waals surface area contributed by atoms with Gasteiger partial charge in [-0.3, -0.25) is 14.9 Å². The number of phenols is 2. The Labute approximate surface area is 208 Å². The molecule has 2 heterocycles. The van der Waals surface area contributed by atoms with Crippen molar-refractivity contribution in [1.29, 1.82) is 0 Å². The molecule has 4 aromatic carbocycles. The number of aromatic hydroxyl groups is 2. The number of benzene rings is 4. The molecule has 0 radical (unpaired) electrons. The number of phenolic OH excluding ortho intramolecular Hbond substituents is 2. The minimum absolute atomic E-state index is 0.186. The van der Waals surface area contributed by atoms with Crippen LogP contribution in [0.2, 0.25) is 0 Å². The van der Waals surface area contributed by atoms with Gasteiger partial charge in [-0.05, 0) is 51.7 Å². The van der Waals surface area contributed by atoms with E-state index in [1.54, 1.807) is 24.5 Å². The van der Waals surface area contributed by atoms with E-state index in [-0.39, 0.29) is 11.5 Å². The Morgan fingerprint density at radius 1 is 0.500 bits per heavy atom. The van der Waals surface area contributed by atoms with Crippen LogP contribution in [0.4, 0.5) is 0 Å². The van der Waals surface area contributed by atoms with Gasteiger partial charge in [-0.2, -0.15) is 0 Å². The molecule has 0 amide bonds. The molecule has 0 saturated carbocycles. The third kappa shape index (κ3) is 4.10. The smallest absolute Gasteiger partial charge is 0.141 e. The average molecular weight is 472 g/mol. The van der Waals surface area contributed by atoms with Crippen LogP contribution in [0.25, 0.3) is 32.6 Å². The lowest BCUT2D eigenvalue weighted by atomic mass is 10.0. The van der Waals surface area contributed by atoms with E-state index >= 15 is 0 Å². The van der Waals surface area contributed by atoms with E-state index in [1.165, 1.54) is 16.3 Å². The van der Waals surface area contributed by atoms with Crippen LogP contribution in [0.3, 0.4) is 0 Å². The maximum atomic E-state index is 10.4. The highest BCUT2D eigenvalue weighted by Gasteiger charge is 2.16. The molecule has 5 heteroatoms. The van der Waals surface area contributed by atoms with E-state index in [9.17, 15) is 10.2 Å². The van der Waals surface area contributed by atoms with Gasteiger partial charge in [0.2, 0.25) is 0 Å². The highest BCUT2D eigenvalue weighted by molar-refractivity contribution is 5.88. The van der Waals surface area contributed by atoms with E-state index in [0.717, 1.165) is 28.4 Å². The molecule has 36 heavy (non-hydrogen) atoms. The Morgan fingerprint density at radius 2 is 1.00 bits per heavy atom. The Kier molecular flexibility index (Phi) is 5.68. The minimum Gasteiger partial charge on any atom is -0.506 e. The Hall–Kier alpha value is -4.48. The first-order valence-corrected chi connectivity index (χ1v) is 12.0. The number of hydrogen-bond donors (Lipinski definition) is 2. The molecule has 2 N–H and O–H groups in total. The second-order valence-electron chi connectivity index (χ2n) is 9.07. The first kappa shape index (κ1) is 22.0. The van der Waals surface area contributed by atoms with Gasteiger partial charge in [0.15, 0.2) is 0 Å². The molecule has 0 saturated heterocycles. The van der Waals surface area contributed by atoms with Crippen LogP contribution in [-0.4, -0.2) is 25.1 Å². The largest absolute Gasteiger partial charge is 0.506 e. The molecular formula is C31H25N3O2. The fourth-order valence-electron chi connectivity index (χ4n) is 5.03. The second kappa shape index (κ2) is 9.29. The zero-order valence-corrected chi connectivity index (χ0v) is 19.7.